The first-order valence-electron chi connectivity index (χ1n) is 9.91. The molecule has 4 aromatic rings. The van der Waals surface area contributed by atoms with Crippen molar-refractivity contribution < 1.29 is 0 Å². The summed E-state index contributed by atoms with van der Waals surface area (Å²) in [5.74, 6) is 0. The molecule has 0 amide bonds. The molecule has 2 aromatic heterocycles. The normalized spacial score (nSPS) is 10.8. The fourth-order valence-corrected chi connectivity index (χ4v) is 3.55. The number of aromatic nitrogens is 2. The van der Waals surface area contributed by atoms with E-state index in [0.717, 1.165) is 24.2 Å². The standard InChI is InChI=1S/C26H25N3/c1-19-13-21(25-5-3-11-27-17-25)7-9-23(19)15-29-16-24-10-8-22(14-20(24)2)26-6-4-12-28-18-26/h3-14,17-18,29H,15-16H2,1-2H3. The molecule has 0 fully saturated rings. The maximum absolute atomic E-state index is 4.21. The van der Waals surface area contributed by atoms with Gasteiger partial charge in [0.15, 0.2) is 0 Å². The highest BCUT2D eigenvalue weighted by Crippen LogP contribution is 2.23. The van der Waals surface area contributed by atoms with Gasteiger partial charge in [0.1, 0.15) is 0 Å². The molecule has 0 unspecified atom stereocenters. The highest BCUT2D eigenvalue weighted by Gasteiger charge is 2.05. The average molecular weight is 380 g/mol. The van der Waals surface area contributed by atoms with E-state index in [4.69, 9.17) is 0 Å². The van der Waals surface area contributed by atoms with Gasteiger partial charge in [-0.25, -0.2) is 0 Å². The molecule has 0 bridgehead atoms. The van der Waals surface area contributed by atoms with E-state index in [0.29, 0.717) is 0 Å². The minimum Gasteiger partial charge on any atom is -0.309 e. The van der Waals surface area contributed by atoms with E-state index in [2.05, 4.69) is 77.7 Å². The number of nitrogens with zero attached hydrogens (tertiary/aromatic N) is 2. The van der Waals surface area contributed by atoms with Gasteiger partial charge in [-0.05, 0) is 70.5 Å². The fraction of sp³-hybridized carbons (Fsp3) is 0.154. The summed E-state index contributed by atoms with van der Waals surface area (Å²) in [6, 6.07) is 21.4. The van der Waals surface area contributed by atoms with Crippen LogP contribution in [-0.4, -0.2) is 9.97 Å². The molecule has 144 valence electrons. The molecule has 2 heterocycles. The van der Waals surface area contributed by atoms with Crippen LogP contribution in [-0.2, 0) is 13.1 Å². The lowest BCUT2D eigenvalue weighted by Crippen LogP contribution is -2.14. The lowest BCUT2D eigenvalue weighted by Gasteiger charge is -2.12. The van der Waals surface area contributed by atoms with Crippen molar-refractivity contribution in [2.24, 2.45) is 0 Å². The molecule has 0 atom stereocenters. The molecule has 0 radical (unpaired) electrons. The van der Waals surface area contributed by atoms with Crippen molar-refractivity contribution in [2.45, 2.75) is 26.9 Å². The monoisotopic (exact) mass is 379 g/mol. The van der Waals surface area contributed by atoms with E-state index in [1.165, 1.54) is 33.4 Å². The van der Waals surface area contributed by atoms with Crippen molar-refractivity contribution in [3.63, 3.8) is 0 Å². The molecule has 3 nitrogen and oxygen atoms in total. The molecule has 0 saturated heterocycles. The molecule has 0 aliphatic heterocycles. The number of pyridine rings is 2. The van der Waals surface area contributed by atoms with Crippen LogP contribution in [0.15, 0.2) is 85.5 Å². The van der Waals surface area contributed by atoms with Crippen LogP contribution >= 0.6 is 0 Å². The predicted molar refractivity (Wildman–Crippen MR) is 119 cm³/mol. The topological polar surface area (TPSA) is 37.8 Å². The van der Waals surface area contributed by atoms with E-state index in [-0.39, 0.29) is 0 Å². The van der Waals surface area contributed by atoms with Gasteiger partial charge in [-0.2, -0.15) is 0 Å². The zero-order chi connectivity index (χ0) is 20.1. The Hall–Kier alpha value is -3.30. The van der Waals surface area contributed by atoms with Crippen LogP contribution in [0.1, 0.15) is 22.3 Å². The van der Waals surface area contributed by atoms with E-state index >= 15 is 0 Å². The van der Waals surface area contributed by atoms with Gasteiger partial charge in [-0.3, -0.25) is 9.97 Å². The molecule has 0 aliphatic carbocycles. The second-order valence-corrected chi connectivity index (χ2v) is 7.37. The Labute approximate surface area is 172 Å². The van der Waals surface area contributed by atoms with Crippen LogP contribution in [0.4, 0.5) is 0 Å². The first-order chi connectivity index (χ1) is 14.2. The quantitative estimate of drug-likeness (QED) is 0.466. The van der Waals surface area contributed by atoms with Crippen LogP contribution in [0.2, 0.25) is 0 Å². The summed E-state index contributed by atoms with van der Waals surface area (Å²) in [6.45, 7) is 6.04. The Balaban J connectivity index is 1.40. The van der Waals surface area contributed by atoms with Crippen LogP contribution in [0.3, 0.4) is 0 Å². The highest BCUT2D eigenvalue weighted by atomic mass is 14.8. The lowest BCUT2D eigenvalue weighted by atomic mass is 10.00. The van der Waals surface area contributed by atoms with E-state index < -0.39 is 0 Å². The molecule has 29 heavy (non-hydrogen) atoms. The van der Waals surface area contributed by atoms with Gasteiger partial charge in [-0.15, -0.1) is 0 Å². The fourth-order valence-electron chi connectivity index (χ4n) is 3.55. The SMILES string of the molecule is Cc1cc(-c2cccnc2)ccc1CNCc1ccc(-c2cccnc2)cc1C. The van der Waals surface area contributed by atoms with Crippen LogP contribution in [0.25, 0.3) is 22.3 Å². The summed E-state index contributed by atoms with van der Waals surface area (Å²) >= 11 is 0. The van der Waals surface area contributed by atoms with E-state index in [1.54, 1.807) is 12.4 Å². The third kappa shape index (κ3) is 4.58. The van der Waals surface area contributed by atoms with Gasteiger partial charge in [0.05, 0.1) is 0 Å². The summed E-state index contributed by atoms with van der Waals surface area (Å²) in [4.78, 5) is 8.43. The summed E-state index contributed by atoms with van der Waals surface area (Å²) in [6.07, 6.45) is 7.43. The molecule has 0 spiro atoms. The van der Waals surface area contributed by atoms with Crippen LogP contribution in [0, 0.1) is 13.8 Å². The van der Waals surface area contributed by atoms with Crippen molar-refractivity contribution in [2.75, 3.05) is 0 Å². The first-order valence-corrected chi connectivity index (χ1v) is 9.91. The predicted octanol–water partition coefficient (Wildman–Crippen LogP) is 5.72. The summed E-state index contributed by atoms with van der Waals surface area (Å²) < 4.78 is 0. The van der Waals surface area contributed by atoms with E-state index in [1.807, 2.05) is 24.5 Å². The maximum atomic E-state index is 4.21. The van der Waals surface area contributed by atoms with Gasteiger partial charge in [0.25, 0.3) is 0 Å². The van der Waals surface area contributed by atoms with Crippen LogP contribution < -0.4 is 5.32 Å². The second-order valence-electron chi connectivity index (χ2n) is 7.37. The smallest absolute Gasteiger partial charge is 0.0346 e. The molecular formula is C26H25N3. The maximum Gasteiger partial charge on any atom is 0.0346 e. The second kappa shape index (κ2) is 8.80. The minimum absolute atomic E-state index is 0.850. The minimum atomic E-state index is 0.850. The molecule has 0 saturated carbocycles. The average Bonchev–Trinajstić information content (AvgIpc) is 2.77. The molecule has 1 N–H and O–H groups in total. The van der Waals surface area contributed by atoms with Gasteiger partial charge >= 0.3 is 0 Å². The van der Waals surface area contributed by atoms with Crippen molar-refractivity contribution in [3.05, 3.63) is 108 Å². The largest absolute Gasteiger partial charge is 0.309 e. The molecule has 3 heteroatoms. The third-order valence-corrected chi connectivity index (χ3v) is 5.31. The first kappa shape index (κ1) is 19.0. The van der Waals surface area contributed by atoms with Crippen molar-refractivity contribution in [1.82, 2.24) is 15.3 Å². The lowest BCUT2D eigenvalue weighted by molar-refractivity contribution is 0.688. The molecule has 4 rings (SSSR count). The highest BCUT2D eigenvalue weighted by molar-refractivity contribution is 5.64. The van der Waals surface area contributed by atoms with Gasteiger partial charge in [0, 0.05) is 37.9 Å². The van der Waals surface area contributed by atoms with E-state index in [9.17, 15) is 0 Å². The summed E-state index contributed by atoms with van der Waals surface area (Å²) in [5.41, 5.74) is 9.95. The number of benzene rings is 2. The third-order valence-electron chi connectivity index (χ3n) is 5.31. The molecular weight excluding hydrogens is 354 g/mol. The Bertz CT molecular complexity index is 1000. The molecule has 2 aromatic carbocycles. The zero-order valence-corrected chi connectivity index (χ0v) is 16.9. The Morgan fingerprint density at radius 2 is 1.10 bits per heavy atom. The number of rotatable bonds is 6. The van der Waals surface area contributed by atoms with Crippen molar-refractivity contribution in [3.8, 4) is 22.3 Å². The number of hydrogen-bond acceptors (Lipinski definition) is 3. The zero-order valence-electron chi connectivity index (χ0n) is 16.9. The van der Waals surface area contributed by atoms with Gasteiger partial charge < -0.3 is 5.32 Å². The number of aryl methyl sites for hydroxylation is 2. The van der Waals surface area contributed by atoms with Gasteiger partial charge in [0.2, 0.25) is 0 Å². The number of nitrogens with one attached hydrogen (secondary N) is 1. The van der Waals surface area contributed by atoms with Crippen molar-refractivity contribution >= 4 is 0 Å². The number of hydrogen-bond donors (Lipinski definition) is 1. The Morgan fingerprint density at radius 3 is 1.48 bits per heavy atom. The van der Waals surface area contributed by atoms with Crippen LogP contribution in [0.5, 0.6) is 0 Å². The molecule has 0 aliphatic rings. The summed E-state index contributed by atoms with van der Waals surface area (Å²) in [5, 5.41) is 3.59. The van der Waals surface area contributed by atoms with Crippen molar-refractivity contribution in [1.29, 1.82) is 0 Å². The Morgan fingerprint density at radius 1 is 0.621 bits per heavy atom. The Kier molecular flexibility index (Phi) is 5.78. The van der Waals surface area contributed by atoms with Gasteiger partial charge in [-0.1, -0.05) is 48.5 Å². The summed E-state index contributed by atoms with van der Waals surface area (Å²) in [7, 11) is 0.